The van der Waals surface area contributed by atoms with Gasteiger partial charge < -0.3 is 9.84 Å². The Balaban J connectivity index is 1.38. The number of rotatable bonds is 9. The maximum atomic E-state index is 13.6. The summed E-state index contributed by atoms with van der Waals surface area (Å²) in [5, 5.41) is 6.73. The smallest absolute Gasteiger partial charge is 0.296 e. The second-order valence-electron chi connectivity index (χ2n) is 9.96. The number of carbonyl (C=O) groups is 2. The van der Waals surface area contributed by atoms with Crippen molar-refractivity contribution in [3.8, 4) is 11.4 Å². The Hall–Kier alpha value is -3.86. The van der Waals surface area contributed by atoms with Gasteiger partial charge in [-0.15, -0.1) is 0 Å². The van der Waals surface area contributed by atoms with Gasteiger partial charge in [0.25, 0.3) is 15.9 Å². The van der Waals surface area contributed by atoms with Gasteiger partial charge in [-0.1, -0.05) is 86.6 Å². The second kappa shape index (κ2) is 11.5. The molecule has 2 aliphatic rings. The molecule has 1 aliphatic heterocycles. The summed E-state index contributed by atoms with van der Waals surface area (Å²) in [6.07, 6.45) is 6.06. The zero-order valence-electron chi connectivity index (χ0n) is 21.7. The van der Waals surface area contributed by atoms with Crippen LogP contribution in [0.4, 0.5) is 0 Å². The van der Waals surface area contributed by atoms with E-state index in [4.69, 9.17) is 4.52 Å². The van der Waals surface area contributed by atoms with E-state index in [1.54, 1.807) is 25.1 Å². The summed E-state index contributed by atoms with van der Waals surface area (Å²) in [7, 11) is -3.75. The highest BCUT2D eigenvalue weighted by Crippen LogP contribution is 2.29. The molecule has 1 amide bonds. The molecule has 1 aliphatic carbocycles. The average Bonchev–Trinajstić information content (AvgIpc) is 3.55. The van der Waals surface area contributed by atoms with Crippen molar-refractivity contribution in [3.05, 3.63) is 66.1 Å². The van der Waals surface area contributed by atoms with E-state index >= 15 is 0 Å². The minimum absolute atomic E-state index is 0.132. The highest BCUT2D eigenvalue weighted by molar-refractivity contribution is 7.90. The molecule has 11 heteroatoms. The van der Waals surface area contributed by atoms with Crippen molar-refractivity contribution in [3.63, 3.8) is 0 Å². The molecule has 1 aromatic heterocycles. The highest BCUT2D eigenvalue weighted by Gasteiger charge is 2.34. The van der Waals surface area contributed by atoms with Gasteiger partial charge in [0.2, 0.25) is 17.5 Å². The SMILES string of the molecule is CC[C@H](NC(=O)[C@H](CC1CCCCC1)N=C1NS(=O)(=O)c2ccccc21)C(=O)c1nc(-c2ccccc2)no1. The summed E-state index contributed by atoms with van der Waals surface area (Å²) in [6, 6.07) is 13.9. The summed E-state index contributed by atoms with van der Waals surface area (Å²) in [5.74, 6) is -0.406. The molecule has 2 heterocycles. The Morgan fingerprint density at radius 1 is 1.08 bits per heavy atom. The highest BCUT2D eigenvalue weighted by atomic mass is 32.2. The van der Waals surface area contributed by atoms with Gasteiger partial charge >= 0.3 is 0 Å². The maximum Gasteiger partial charge on any atom is 0.296 e. The van der Waals surface area contributed by atoms with E-state index in [1.165, 1.54) is 6.07 Å². The first-order valence-corrected chi connectivity index (χ1v) is 14.8. The van der Waals surface area contributed by atoms with Crippen LogP contribution in [-0.2, 0) is 14.8 Å². The van der Waals surface area contributed by atoms with Crippen LogP contribution >= 0.6 is 0 Å². The lowest BCUT2D eigenvalue weighted by Crippen LogP contribution is -2.46. The minimum atomic E-state index is -3.75. The van der Waals surface area contributed by atoms with Gasteiger partial charge in [0.15, 0.2) is 0 Å². The van der Waals surface area contributed by atoms with E-state index < -0.39 is 33.8 Å². The number of nitrogens with zero attached hydrogens (tertiary/aromatic N) is 3. The Bertz CT molecular complexity index is 1480. The molecule has 0 unspecified atom stereocenters. The second-order valence-corrected chi connectivity index (χ2v) is 11.6. The van der Waals surface area contributed by atoms with Crippen LogP contribution in [0.2, 0.25) is 0 Å². The Kier molecular flexibility index (Phi) is 7.87. The lowest BCUT2D eigenvalue weighted by molar-refractivity contribution is -0.123. The average molecular weight is 550 g/mol. The molecule has 0 saturated heterocycles. The Labute approximate surface area is 227 Å². The molecule has 204 valence electrons. The van der Waals surface area contributed by atoms with Crippen LogP contribution in [0.25, 0.3) is 11.4 Å². The zero-order valence-corrected chi connectivity index (χ0v) is 22.5. The number of carbonyl (C=O) groups excluding carboxylic acids is 2. The van der Waals surface area contributed by atoms with Crippen molar-refractivity contribution in [1.29, 1.82) is 0 Å². The van der Waals surface area contributed by atoms with Crippen molar-refractivity contribution in [2.24, 2.45) is 10.9 Å². The number of hydrogen-bond acceptors (Lipinski definition) is 8. The molecule has 2 atom stereocenters. The molecular formula is C28H31N5O5S. The van der Waals surface area contributed by atoms with Crippen LogP contribution in [0.3, 0.4) is 0 Å². The lowest BCUT2D eigenvalue weighted by Gasteiger charge is -2.25. The normalized spacial score (nSPS) is 19.2. The monoisotopic (exact) mass is 549 g/mol. The van der Waals surface area contributed by atoms with Gasteiger partial charge in [-0.25, -0.2) is 8.42 Å². The number of amides is 1. The van der Waals surface area contributed by atoms with Gasteiger partial charge in [-0.2, -0.15) is 4.98 Å². The molecule has 5 rings (SSSR count). The number of aliphatic imine (C=N–C) groups is 1. The predicted octanol–water partition coefficient (Wildman–Crippen LogP) is 3.89. The topological polar surface area (TPSA) is 144 Å². The van der Waals surface area contributed by atoms with Gasteiger partial charge in [0, 0.05) is 11.1 Å². The van der Waals surface area contributed by atoms with Crippen LogP contribution in [0.5, 0.6) is 0 Å². The van der Waals surface area contributed by atoms with Crippen molar-refractivity contribution >= 4 is 27.5 Å². The van der Waals surface area contributed by atoms with Crippen LogP contribution in [0.1, 0.15) is 68.1 Å². The molecular weight excluding hydrogens is 518 g/mol. The molecule has 39 heavy (non-hydrogen) atoms. The number of aromatic nitrogens is 2. The van der Waals surface area contributed by atoms with Crippen molar-refractivity contribution in [2.75, 3.05) is 0 Å². The number of nitrogens with one attached hydrogen (secondary N) is 2. The van der Waals surface area contributed by atoms with E-state index in [1.807, 2.05) is 30.3 Å². The van der Waals surface area contributed by atoms with E-state index in [-0.39, 0.29) is 28.4 Å². The van der Waals surface area contributed by atoms with E-state index in [0.717, 1.165) is 32.1 Å². The van der Waals surface area contributed by atoms with Crippen LogP contribution in [0.15, 0.2) is 69.0 Å². The fraction of sp³-hybridized carbons (Fsp3) is 0.393. The fourth-order valence-electron chi connectivity index (χ4n) is 5.14. The lowest BCUT2D eigenvalue weighted by atomic mass is 9.84. The number of hydrogen-bond donors (Lipinski definition) is 2. The fourth-order valence-corrected chi connectivity index (χ4v) is 6.38. The van der Waals surface area contributed by atoms with Crippen LogP contribution < -0.4 is 10.0 Å². The minimum Gasteiger partial charge on any atom is -0.344 e. The standard InChI is InChI=1S/C28H31N5O5S/c1-2-21(24(34)28-31-25(32-38-28)19-13-7-4-8-14-19)30-27(35)22(17-18-11-5-3-6-12-18)29-26-20-15-9-10-16-23(20)39(36,37)33-26/h4,7-10,13-16,18,21-22H,2-3,5-6,11-12,17H2,1H3,(H,29,33)(H,30,35)/t21-,22-/m0/s1. The van der Waals surface area contributed by atoms with Crippen molar-refractivity contribution in [2.45, 2.75) is 68.8 Å². The molecule has 3 aromatic rings. The summed E-state index contributed by atoms with van der Waals surface area (Å²) >= 11 is 0. The zero-order chi connectivity index (χ0) is 27.4. The predicted molar refractivity (Wildman–Crippen MR) is 145 cm³/mol. The maximum absolute atomic E-state index is 13.6. The van der Waals surface area contributed by atoms with E-state index in [0.29, 0.717) is 24.0 Å². The molecule has 0 radical (unpaired) electrons. The molecule has 1 saturated carbocycles. The third-order valence-electron chi connectivity index (χ3n) is 7.24. The summed E-state index contributed by atoms with van der Waals surface area (Å²) in [5.41, 5.74) is 1.14. The first kappa shape index (κ1) is 26.7. The van der Waals surface area contributed by atoms with Gasteiger partial charge in [0.05, 0.1) is 10.9 Å². The van der Waals surface area contributed by atoms with Gasteiger partial charge in [0.1, 0.15) is 11.9 Å². The Morgan fingerprint density at radius 2 is 1.79 bits per heavy atom. The third kappa shape index (κ3) is 5.93. The Morgan fingerprint density at radius 3 is 2.54 bits per heavy atom. The number of amidine groups is 1. The van der Waals surface area contributed by atoms with Crippen LogP contribution in [0, 0.1) is 5.92 Å². The summed E-state index contributed by atoms with van der Waals surface area (Å²) < 4.78 is 33.0. The molecule has 2 aromatic carbocycles. The van der Waals surface area contributed by atoms with E-state index in [9.17, 15) is 18.0 Å². The quantitative estimate of drug-likeness (QED) is 0.385. The molecule has 1 fully saturated rings. The largest absolute Gasteiger partial charge is 0.344 e. The number of sulfonamides is 1. The van der Waals surface area contributed by atoms with E-state index in [2.05, 4.69) is 25.2 Å². The first-order chi connectivity index (χ1) is 18.9. The molecule has 2 N–H and O–H groups in total. The van der Waals surface area contributed by atoms with Crippen LogP contribution in [-0.4, -0.2) is 48.2 Å². The first-order valence-electron chi connectivity index (χ1n) is 13.3. The number of ketones is 1. The summed E-state index contributed by atoms with van der Waals surface area (Å²) in [6.45, 7) is 1.78. The number of benzene rings is 2. The third-order valence-corrected chi connectivity index (χ3v) is 8.64. The molecule has 0 bridgehead atoms. The van der Waals surface area contributed by atoms with Crippen molar-refractivity contribution in [1.82, 2.24) is 20.2 Å². The van der Waals surface area contributed by atoms with Gasteiger partial charge in [-0.05, 0) is 30.9 Å². The van der Waals surface area contributed by atoms with Gasteiger partial charge in [-0.3, -0.25) is 19.3 Å². The number of Topliss-reactive ketones (excluding diaryl/α,β-unsaturated/α-hetero) is 1. The summed E-state index contributed by atoms with van der Waals surface area (Å²) in [4.78, 5) is 35.8. The van der Waals surface area contributed by atoms with Crippen molar-refractivity contribution < 1.29 is 22.5 Å². The molecule has 10 nitrogen and oxygen atoms in total. The number of fused-ring (bicyclic) bond motifs is 1. The molecule has 0 spiro atoms.